The van der Waals surface area contributed by atoms with E-state index in [2.05, 4.69) is 19.9 Å². The van der Waals surface area contributed by atoms with E-state index in [1.54, 1.807) is 0 Å². The standard InChI is InChI=1S/C13H18N2O/c1-9(2)11-5-4-10(3)13(6-11)16-8-12(15)7-14/h4-6,9,12H,8,15H2,1-3H3. The molecule has 0 spiro atoms. The number of rotatable bonds is 4. The summed E-state index contributed by atoms with van der Waals surface area (Å²) in [5.74, 6) is 1.28. The Labute approximate surface area is 96.8 Å². The summed E-state index contributed by atoms with van der Waals surface area (Å²) in [6, 6.07) is 7.52. The van der Waals surface area contributed by atoms with Gasteiger partial charge in [-0.3, -0.25) is 0 Å². The van der Waals surface area contributed by atoms with Crippen molar-refractivity contribution < 1.29 is 4.74 Å². The Morgan fingerprint density at radius 1 is 1.44 bits per heavy atom. The molecule has 0 amide bonds. The van der Waals surface area contributed by atoms with E-state index in [1.165, 1.54) is 5.56 Å². The third kappa shape index (κ3) is 3.25. The minimum Gasteiger partial charge on any atom is -0.491 e. The number of hydrogen-bond donors (Lipinski definition) is 1. The number of nitrogens with zero attached hydrogens (tertiary/aromatic N) is 1. The average Bonchev–Trinajstić information content (AvgIpc) is 2.27. The predicted molar refractivity (Wildman–Crippen MR) is 64.4 cm³/mol. The van der Waals surface area contributed by atoms with Crippen molar-refractivity contribution in [2.75, 3.05) is 6.61 Å². The number of nitriles is 1. The molecule has 0 aromatic heterocycles. The van der Waals surface area contributed by atoms with E-state index in [0.29, 0.717) is 5.92 Å². The molecule has 16 heavy (non-hydrogen) atoms. The quantitative estimate of drug-likeness (QED) is 0.843. The molecule has 86 valence electrons. The summed E-state index contributed by atoms with van der Waals surface area (Å²) < 4.78 is 5.53. The lowest BCUT2D eigenvalue weighted by Gasteiger charge is -2.13. The van der Waals surface area contributed by atoms with E-state index in [1.807, 2.05) is 25.1 Å². The summed E-state index contributed by atoms with van der Waals surface area (Å²) >= 11 is 0. The highest BCUT2D eigenvalue weighted by Crippen LogP contribution is 2.24. The number of hydrogen-bond acceptors (Lipinski definition) is 3. The summed E-state index contributed by atoms with van der Waals surface area (Å²) in [6.45, 7) is 6.49. The molecule has 0 radical (unpaired) electrons. The van der Waals surface area contributed by atoms with Crippen LogP contribution in [0.1, 0.15) is 30.9 Å². The van der Waals surface area contributed by atoms with E-state index in [4.69, 9.17) is 15.7 Å². The van der Waals surface area contributed by atoms with Crippen LogP contribution >= 0.6 is 0 Å². The molecule has 1 aromatic carbocycles. The van der Waals surface area contributed by atoms with Gasteiger partial charge in [-0.25, -0.2) is 0 Å². The fourth-order valence-electron chi connectivity index (χ4n) is 1.35. The van der Waals surface area contributed by atoms with Gasteiger partial charge in [-0.15, -0.1) is 0 Å². The van der Waals surface area contributed by atoms with E-state index >= 15 is 0 Å². The van der Waals surface area contributed by atoms with Gasteiger partial charge >= 0.3 is 0 Å². The van der Waals surface area contributed by atoms with Gasteiger partial charge in [0.05, 0.1) is 6.07 Å². The highest BCUT2D eigenvalue weighted by Gasteiger charge is 2.06. The van der Waals surface area contributed by atoms with Gasteiger partial charge in [0, 0.05) is 0 Å². The highest BCUT2D eigenvalue weighted by molar-refractivity contribution is 5.37. The molecule has 1 rings (SSSR count). The van der Waals surface area contributed by atoms with Crippen LogP contribution in [0, 0.1) is 18.3 Å². The van der Waals surface area contributed by atoms with Gasteiger partial charge in [0.2, 0.25) is 0 Å². The SMILES string of the molecule is Cc1ccc(C(C)C)cc1OCC(N)C#N. The van der Waals surface area contributed by atoms with Crippen molar-refractivity contribution in [2.24, 2.45) is 5.73 Å². The lowest BCUT2D eigenvalue weighted by atomic mass is 10.0. The van der Waals surface area contributed by atoms with Crippen LogP contribution in [-0.2, 0) is 0 Å². The minimum absolute atomic E-state index is 0.235. The van der Waals surface area contributed by atoms with E-state index in [0.717, 1.165) is 11.3 Å². The van der Waals surface area contributed by atoms with Crippen molar-refractivity contribution >= 4 is 0 Å². The van der Waals surface area contributed by atoms with E-state index in [-0.39, 0.29) is 6.61 Å². The first-order chi connectivity index (χ1) is 7.54. The molecular formula is C13H18N2O. The molecule has 3 nitrogen and oxygen atoms in total. The van der Waals surface area contributed by atoms with Crippen LogP contribution in [0.3, 0.4) is 0 Å². The summed E-state index contributed by atoms with van der Waals surface area (Å²) in [4.78, 5) is 0. The monoisotopic (exact) mass is 218 g/mol. The first-order valence-corrected chi connectivity index (χ1v) is 5.43. The van der Waals surface area contributed by atoms with Crippen LogP contribution in [0.5, 0.6) is 5.75 Å². The zero-order valence-electron chi connectivity index (χ0n) is 10.0. The van der Waals surface area contributed by atoms with Crippen molar-refractivity contribution in [3.8, 4) is 11.8 Å². The van der Waals surface area contributed by atoms with Gasteiger partial charge in [-0.1, -0.05) is 26.0 Å². The molecule has 0 saturated carbocycles. The molecule has 1 aromatic rings. The van der Waals surface area contributed by atoms with Crippen LogP contribution < -0.4 is 10.5 Å². The summed E-state index contributed by atoms with van der Waals surface area (Å²) in [7, 11) is 0. The molecule has 0 aliphatic carbocycles. The second kappa shape index (κ2) is 5.53. The Morgan fingerprint density at radius 3 is 2.69 bits per heavy atom. The number of benzene rings is 1. The summed E-state index contributed by atoms with van der Waals surface area (Å²) in [5.41, 5.74) is 7.77. The Morgan fingerprint density at radius 2 is 2.12 bits per heavy atom. The molecule has 3 heteroatoms. The summed E-state index contributed by atoms with van der Waals surface area (Å²) in [6.07, 6.45) is 0. The molecule has 0 saturated heterocycles. The lowest BCUT2D eigenvalue weighted by molar-refractivity contribution is 0.306. The zero-order chi connectivity index (χ0) is 12.1. The second-order valence-corrected chi connectivity index (χ2v) is 4.23. The maximum Gasteiger partial charge on any atom is 0.127 e. The van der Waals surface area contributed by atoms with Gasteiger partial charge < -0.3 is 10.5 Å². The Kier molecular flexibility index (Phi) is 4.33. The predicted octanol–water partition coefficient (Wildman–Crippen LogP) is 2.35. The van der Waals surface area contributed by atoms with Gasteiger partial charge in [0.1, 0.15) is 18.4 Å². The molecule has 1 unspecified atom stereocenters. The molecule has 0 aliphatic rings. The highest BCUT2D eigenvalue weighted by atomic mass is 16.5. The van der Waals surface area contributed by atoms with Crippen LogP contribution in [0.15, 0.2) is 18.2 Å². The van der Waals surface area contributed by atoms with Gasteiger partial charge in [-0.2, -0.15) is 5.26 Å². The Balaban J connectivity index is 2.79. The molecular weight excluding hydrogens is 200 g/mol. The maximum atomic E-state index is 8.57. The van der Waals surface area contributed by atoms with Crippen molar-refractivity contribution in [3.63, 3.8) is 0 Å². The van der Waals surface area contributed by atoms with Crippen LogP contribution in [0.2, 0.25) is 0 Å². The van der Waals surface area contributed by atoms with Gasteiger partial charge in [0.25, 0.3) is 0 Å². The number of ether oxygens (including phenoxy) is 1. The molecule has 0 fully saturated rings. The topological polar surface area (TPSA) is 59.0 Å². The fraction of sp³-hybridized carbons (Fsp3) is 0.462. The number of aryl methyl sites for hydroxylation is 1. The minimum atomic E-state index is -0.567. The molecule has 0 bridgehead atoms. The first-order valence-electron chi connectivity index (χ1n) is 5.43. The fourth-order valence-corrected chi connectivity index (χ4v) is 1.35. The van der Waals surface area contributed by atoms with Gasteiger partial charge in [0.15, 0.2) is 0 Å². The van der Waals surface area contributed by atoms with E-state index < -0.39 is 6.04 Å². The first kappa shape index (κ1) is 12.5. The number of nitrogens with two attached hydrogens (primary N) is 1. The average molecular weight is 218 g/mol. The largest absolute Gasteiger partial charge is 0.491 e. The van der Waals surface area contributed by atoms with Crippen molar-refractivity contribution in [3.05, 3.63) is 29.3 Å². The Hall–Kier alpha value is -1.53. The third-order valence-corrected chi connectivity index (χ3v) is 2.46. The maximum absolute atomic E-state index is 8.57. The Bertz CT molecular complexity index is 393. The summed E-state index contributed by atoms with van der Waals surface area (Å²) in [5, 5.41) is 8.57. The third-order valence-electron chi connectivity index (χ3n) is 2.46. The van der Waals surface area contributed by atoms with Crippen molar-refractivity contribution in [1.82, 2.24) is 0 Å². The normalized spacial score (nSPS) is 12.2. The molecule has 1 atom stereocenters. The lowest BCUT2D eigenvalue weighted by Crippen LogP contribution is -2.25. The van der Waals surface area contributed by atoms with Crippen LogP contribution in [0.4, 0.5) is 0 Å². The smallest absolute Gasteiger partial charge is 0.127 e. The van der Waals surface area contributed by atoms with Crippen LogP contribution in [0.25, 0.3) is 0 Å². The van der Waals surface area contributed by atoms with Crippen molar-refractivity contribution in [1.29, 1.82) is 5.26 Å². The van der Waals surface area contributed by atoms with Crippen molar-refractivity contribution in [2.45, 2.75) is 32.7 Å². The second-order valence-electron chi connectivity index (χ2n) is 4.23. The molecule has 2 N–H and O–H groups in total. The van der Waals surface area contributed by atoms with Gasteiger partial charge in [-0.05, 0) is 30.0 Å². The zero-order valence-corrected chi connectivity index (χ0v) is 10.0. The van der Waals surface area contributed by atoms with E-state index in [9.17, 15) is 0 Å². The molecule has 0 aliphatic heterocycles. The molecule has 0 heterocycles. The van der Waals surface area contributed by atoms with Crippen LogP contribution in [-0.4, -0.2) is 12.6 Å².